The Bertz CT molecular complexity index is 645. The van der Waals surface area contributed by atoms with Gasteiger partial charge in [0.1, 0.15) is 5.75 Å². The highest BCUT2D eigenvalue weighted by molar-refractivity contribution is 5.96. The lowest BCUT2D eigenvalue weighted by Gasteiger charge is -2.08. The highest BCUT2D eigenvalue weighted by atomic mass is 16.5. The van der Waals surface area contributed by atoms with Gasteiger partial charge in [0.25, 0.3) is 5.91 Å². The standard InChI is InChI=1S/C17H23N3O2/c1-5-14-16(17(21)18-7-3)15(6-2)20(19-14)12-8-10-13(22-4)11-9-12/h8-11H,5-7H2,1-4H3,(H,18,21). The average Bonchev–Trinajstić information content (AvgIpc) is 2.93. The van der Waals surface area contributed by atoms with E-state index in [2.05, 4.69) is 10.4 Å². The first kappa shape index (κ1) is 16.1. The van der Waals surface area contributed by atoms with E-state index in [1.54, 1.807) is 7.11 Å². The first-order valence-corrected chi connectivity index (χ1v) is 7.69. The minimum absolute atomic E-state index is 0.0454. The van der Waals surface area contributed by atoms with Gasteiger partial charge in [-0.1, -0.05) is 13.8 Å². The van der Waals surface area contributed by atoms with Crippen LogP contribution in [-0.2, 0) is 12.8 Å². The van der Waals surface area contributed by atoms with Gasteiger partial charge in [-0.2, -0.15) is 5.10 Å². The molecule has 0 aliphatic heterocycles. The van der Waals surface area contributed by atoms with Crippen molar-refractivity contribution in [2.45, 2.75) is 33.6 Å². The smallest absolute Gasteiger partial charge is 0.255 e. The van der Waals surface area contributed by atoms with Crippen molar-refractivity contribution in [3.05, 3.63) is 41.2 Å². The van der Waals surface area contributed by atoms with Crippen LogP contribution in [0, 0.1) is 0 Å². The van der Waals surface area contributed by atoms with Gasteiger partial charge in [0.05, 0.1) is 29.7 Å². The number of nitrogens with one attached hydrogen (secondary N) is 1. The summed E-state index contributed by atoms with van der Waals surface area (Å²) in [5, 5.41) is 7.53. The molecule has 22 heavy (non-hydrogen) atoms. The molecule has 0 saturated carbocycles. The van der Waals surface area contributed by atoms with E-state index in [1.165, 1.54) is 0 Å². The van der Waals surface area contributed by atoms with Gasteiger partial charge < -0.3 is 10.1 Å². The summed E-state index contributed by atoms with van der Waals surface area (Å²) >= 11 is 0. The maximum absolute atomic E-state index is 12.4. The van der Waals surface area contributed by atoms with Gasteiger partial charge in [-0.05, 0) is 44.0 Å². The molecule has 1 heterocycles. The van der Waals surface area contributed by atoms with Crippen LogP contribution in [0.2, 0.25) is 0 Å². The zero-order valence-corrected chi connectivity index (χ0v) is 13.6. The van der Waals surface area contributed by atoms with Crippen LogP contribution in [0.15, 0.2) is 24.3 Å². The van der Waals surface area contributed by atoms with Crippen LogP contribution in [0.3, 0.4) is 0 Å². The monoisotopic (exact) mass is 301 g/mol. The Morgan fingerprint density at radius 3 is 2.36 bits per heavy atom. The molecule has 0 spiro atoms. The lowest BCUT2D eigenvalue weighted by atomic mass is 10.1. The Hall–Kier alpha value is -2.30. The molecule has 2 rings (SSSR count). The van der Waals surface area contributed by atoms with Crippen molar-refractivity contribution in [2.75, 3.05) is 13.7 Å². The van der Waals surface area contributed by atoms with Gasteiger partial charge in [0.15, 0.2) is 0 Å². The first-order valence-electron chi connectivity index (χ1n) is 7.69. The number of hydrogen-bond acceptors (Lipinski definition) is 3. The fourth-order valence-corrected chi connectivity index (χ4v) is 2.53. The number of ether oxygens (including phenoxy) is 1. The molecule has 1 amide bonds. The topological polar surface area (TPSA) is 56.2 Å². The molecule has 0 bridgehead atoms. The Labute approximate surface area is 131 Å². The molecule has 0 saturated heterocycles. The fourth-order valence-electron chi connectivity index (χ4n) is 2.53. The third kappa shape index (κ3) is 2.98. The summed E-state index contributed by atoms with van der Waals surface area (Å²) in [5.74, 6) is 0.754. The molecule has 0 unspecified atom stereocenters. The van der Waals surface area contributed by atoms with Gasteiger partial charge in [0, 0.05) is 6.54 Å². The molecule has 118 valence electrons. The van der Waals surface area contributed by atoms with Crippen LogP contribution < -0.4 is 10.1 Å². The minimum atomic E-state index is -0.0454. The molecule has 0 atom stereocenters. The van der Waals surface area contributed by atoms with E-state index < -0.39 is 0 Å². The van der Waals surface area contributed by atoms with E-state index in [-0.39, 0.29) is 5.91 Å². The Balaban J connectivity index is 2.53. The lowest BCUT2D eigenvalue weighted by Crippen LogP contribution is -2.24. The second-order valence-electron chi connectivity index (χ2n) is 4.94. The van der Waals surface area contributed by atoms with Crippen molar-refractivity contribution in [1.29, 1.82) is 0 Å². The zero-order valence-electron chi connectivity index (χ0n) is 13.6. The maximum Gasteiger partial charge on any atom is 0.255 e. The van der Waals surface area contributed by atoms with Crippen molar-refractivity contribution in [2.24, 2.45) is 0 Å². The number of benzene rings is 1. The summed E-state index contributed by atoms with van der Waals surface area (Å²) in [6.45, 7) is 6.59. The summed E-state index contributed by atoms with van der Waals surface area (Å²) in [5.41, 5.74) is 3.41. The number of aromatic nitrogens is 2. The molecule has 0 radical (unpaired) electrons. The molecule has 0 aliphatic rings. The van der Waals surface area contributed by atoms with Crippen LogP contribution in [0.4, 0.5) is 0 Å². The van der Waals surface area contributed by atoms with Crippen molar-refractivity contribution in [3.63, 3.8) is 0 Å². The molecular formula is C17H23N3O2. The molecule has 5 heteroatoms. The largest absolute Gasteiger partial charge is 0.497 e. The van der Waals surface area contributed by atoms with Gasteiger partial charge in [-0.3, -0.25) is 4.79 Å². The highest BCUT2D eigenvalue weighted by Crippen LogP contribution is 2.22. The number of hydrogen-bond donors (Lipinski definition) is 1. The second kappa shape index (κ2) is 7.11. The molecule has 5 nitrogen and oxygen atoms in total. The quantitative estimate of drug-likeness (QED) is 0.892. The predicted octanol–water partition coefficient (Wildman–Crippen LogP) is 2.76. The third-order valence-corrected chi connectivity index (χ3v) is 3.60. The molecular weight excluding hydrogens is 278 g/mol. The number of rotatable bonds is 6. The summed E-state index contributed by atoms with van der Waals surface area (Å²) < 4.78 is 7.05. The number of carbonyl (C=O) groups excluding carboxylic acids is 1. The van der Waals surface area contributed by atoms with Crippen LogP contribution in [-0.4, -0.2) is 29.3 Å². The summed E-state index contributed by atoms with van der Waals surface area (Å²) in [6.07, 6.45) is 1.47. The second-order valence-corrected chi connectivity index (χ2v) is 4.94. The molecule has 1 aromatic carbocycles. The van der Waals surface area contributed by atoms with Crippen molar-refractivity contribution in [1.82, 2.24) is 15.1 Å². The summed E-state index contributed by atoms with van der Waals surface area (Å²) in [7, 11) is 1.64. The normalized spacial score (nSPS) is 10.5. The molecule has 0 aliphatic carbocycles. The van der Waals surface area contributed by atoms with Crippen molar-refractivity contribution in [3.8, 4) is 11.4 Å². The maximum atomic E-state index is 12.4. The van der Waals surface area contributed by atoms with Gasteiger partial charge in [0.2, 0.25) is 0 Å². The predicted molar refractivity (Wildman–Crippen MR) is 86.9 cm³/mol. The average molecular weight is 301 g/mol. The van der Waals surface area contributed by atoms with Crippen LogP contribution >= 0.6 is 0 Å². The number of methoxy groups -OCH3 is 1. The van der Waals surface area contributed by atoms with Crippen molar-refractivity contribution < 1.29 is 9.53 Å². The first-order chi connectivity index (χ1) is 10.7. The fraction of sp³-hybridized carbons (Fsp3) is 0.412. The van der Waals surface area contributed by atoms with Crippen molar-refractivity contribution >= 4 is 5.91 Å². The molecule has 1 N–H and O–H groups in total. The minimum Gasteiger partial charge on any atom is -0.497 e. The molecule has 1 aromatic heterocycles. The highest BCUT2D eigenvalue weighted by Gasteiger charge is 2.22. The van der Waals surface area contributed by atoms with Gasteiger partial charge in [-0.15, -0.1) is 0 Å². The Kier molecular flexibility index (Phi) is 5.20. The van der Waals surface area contributed by atoms with E-state index in [1.807, 2.05) is 49.7 Å². The number of amides is 1. The molecule has 2 aromatic rings. The lowest BCUT2D eigenvalue weighted by molar-refractivity contribution is 0.0954. The van der Waals surface area contributed by atoms with Crippen LogP contribution in [0.5, 0.6) is 5.75 Å². The van der Waals surface area contributed by atoms with Crippen LogP contribution in [0.1, 0.15) is 42.5 Å². The summed E-state index contributed by atoms with van der Waals surface area (Å²) in [4.78, 5) is 12.4. The number of carbonyl (C=O) groups is 1. The molecule has 0 fully saturated rings. The Morgan fingerprint density at radius 1 is 1.18 bits per heavy atom. The van der Waals surface area contributed by atoms with Gasteiger partial charge >= 0.3 is 0 Å². The zero-order chi connectivity index (χ0) is 16.1. The van der Waals surface area contributed by atoms with Gasteiger partial charge in [-0.25, -0.2) is 4.68 Å². The van der Waals surface area contributed by atoms with Crippen LogP contribution in [0.25, 0.3) is 5.69 Å². The van der Waals surface area contributed by atoms with E-state index in [0.717, 1.165) is 35.7 Å². The number of aryl methyl sites for hydroxylation is 1. The van der Waals surface area contributed by atoms with E-state index >= 15 is 0 Å². The SMILES string of the molecule is CCNC(=O)c1c(CC)nn(-c2ccc(OC)cc2)c1CC. The summed E-state index contributed by atoms with van der Waals surface area (Å²) in [6, 6.07) is 7.69. The van der Waals surface area contributed by atoms with E-state index in [0.29, 0.717) is 12.1 Å². The Morgan fingerprint density at radius 2 is 1.86 bits per heavy atom. The number of nitrogens with zero attached hydrogens (tertiary/aromatic N) is 2. The van der Waals surface area contributed by atoms with E-state index in [4.69, 9.17) is 4.74 Å². The third-order valence-electron chi connectivity index (χ3n) is 3.60. The van der Waals surface area contributed by atoms with E-state index in [9.17, 15) is 4.79 Å².